The molecule has 0 bridgehead atoms. The summed E-state index contributed by atoms with van der Waals surface area (Å²) in [6.07, 6.45) is 0.773. The van der Waals surface area contributed by atoms with Crippen LogP contribution in [0.1, 0.15) is 39.3 Å². The van der Waals surface area contributed by atoms with E-state index in [1.165, 1.54) is 22.3 Å². The first-order chi connectivity index (χ1) is 9.95. The fraction of sp³-hybridized carbons (Fsp3) is 0.316. The number of carbonyl (C=O) groups excluding carboxylic acids is 1. The van der Waals surface area contributed by atoms with Crippen molar-refractivity contribution in [3.8, 4) is 0 Å². The molecule has 1 aliphatic heterocycles. The van der Waals surface area contributed by atoms with Gasteiger partial charge in [0.05, 0.1) is 5.92 Å². The summed E-state index contributed by atoms with van der Waals surface area (Å²) in [6, 6.07) is 10.7. The van der Waals surface area contributed by atoms with Crippen molar-refractivity contribution in [2.45, 2.75) is 40.0 Å². The van der Waals surface area contributed by atoms with Gasteiger partial charge < -0.3 is 5.32 Å². The Kier molecular flexibility index (Phi) is 3.32. The highest BCUT2D eigenvalue weighted by Crippen LogP contribution is 2.38. The highest BCUT2D eigenvalue weighted by Gasteiger charge is 2.32. The molecule has 0 radical (unpaired) electrons. The van der Waals surface area contributed by atoms with E-state index >= 15 is 0 Å². The zero-order chi connectivity index (χ0) is 15.1. The van der Waals surface area contributed by atoms with Crippen LogP contribution in [0.2, 0.25) is 0 Å². The third-order valence-electron chi connectivity index (χ3n) is 4.38. The predicted molar refractivity (Wildman–Crippen MR) is 86.9 cm³/mol. The lowest BCUT2D eigenvalue weighted by Crippen LogP contribution is -2.15. The van der Waals surface area contributed by atoms with Gasteiger partial charge >= 0.3 is 0 Å². The highest BCUT2D eigenvalue weighted by atomic mass is 16.2. The first-order valence-corrected chi connectivity index (χ1v) is 7.44. The molecule has 2 heteroatoms. The summed E-state index contributed by atoms with van der Waals surface area (Å²) in [6.45, 7) is 8.36. The molecule has 0 aromatic heterocycles. The van der Waals surface area contributed by atoms with E-state index in [1.54, 1.807) is 0 Å². The molecule has 1 aliphatic rings. The fourth-order valence-electron chi connectivity index (χ4n) is 3.24. The molecule has 1 N–H and O–H groups in total. The summed E-state index contributed by atoms with van der Waals surface area (Å²) in [4.78, 5) is 12.4. The minimum Gasteiger partial charge on any atom is -0.325 e. The van der Waals surface area contributed by atoms with Gasteiger partial charge in [-0.1, -0.05) is 41.5 Å². The van der Waals surface area contributed by atoms with Crippen molar-refractivity contribution in [1.29, 1.82) is 0 Å². The van der Waals surface area contributed by atoms with Crippen LogP contribution in [0.15, 0.2) is 30.3 Å². The first-order valence-electron chi connectivity index (χ1n) is 7.44. The maximum atomic E-state index is 12.4. The zero-order valence-corrected chi connectivity index (χ0v) is 13.1. The summed E-state index contributed by atoms with van der Waals surface area (Å²) in [5.41, 5.74) is 8.30. The number of aryl methyl sites for hydroxylation is 4. The van der Waals surface area contributed by atoms with Gasteiger partial charge in [0.2, 0.25) is 5.91 Å². The minimum absolute atomic E-state index is 0.0703. The Hall–Kier alpha value is -2.09. The number of carbonyl (C=O) groups is 1. The Bertz CT molecular complexity index is 731. The number of hydrogen-bond acceptors (Lipinski definition) is 1. The molecular weight excluding hydrogens is 258 g/mol. The van der Waals surface area contributed by atoms with Crippen molar-refractivity contribution < 1.29 is 4.79 Å². The Balaban J connectivity index is 2.01. The molecule has 108 valence electrons. The van der Waals surface area contributed by atoms with Crippen LogP contribution in [-0.2, 0) is 11.2 Å². The summed E-state index contributed by atoms with van der Waals surface area (Å²) in [5.74, 6) is 0.0544. The van der Waals surface area contributed by atoms with Gasteiger partial charge in [-0.25, -0.2) is 0 Å². The smallest absolute Gasteiger partial charge is 0.232 e. The summed E-state index contributed by atoms with van der Waals surface area (Å²) in [7, 11) is 0. The molecule has 1 heterocycles. The second kappa shape index (κ2) is 5.03. The van der Waals surface area contributed by atoms with Crippen LogP contribution in [0.5, 0.6) is 0 Å². The number of fused-ring (bicyclic) bond motifs is 1. The summed E-state index contributed by atoms with van der Waals surface area (Å²) >= 11 is 0. The van der Waals surface area contributed by atoms with Crippen molar-refractivity contribution in [1.82, 2.24) is 0 Å². The maximum absolute atomic E-state index is 12.4. The molecule has 2 aromatic rings. The molecule has 0 saturated carbocycles. The van der Waals surface area contributed by atoms with Crippen molar-refractivity contribution >= 4 is 11.6 Å². The second-order valence-electron chi connectivity index (χ2n) is 6.22. The van der Waals surface area contributed by atoms with Gasteiger partial charge in [0.1, 0.15) is 0 Å². The Morgan fingerprint density at radius 3 is 2.48 bits per heavy atom. The van der Waals surface area contributed by atoms with E-state index < -0.39 is 0 Å². The van der Waals surface area contributed by atoms with Crippen LogP contribution in [0.4, 0.5) is 5.69 Å². The Morgan fingerprint density at radius 2 is 1.71 bits per heavy atom. The highest BCUT2D eigenvalue weighted by molar-refractivity contribution is 6.04. The molecule has 2 aromatic carbocycles. The molecule has 21 heavy (non-hydrogen) atoms. The lowest BCUT2D eigenvalue weighted by molar-refractivity contribution is -0.117. The molecular formula is C19H21NO. The predicted octanol–water partition coefficient (Wildman–Crippen LogP) is 4.20. The molecule has 1 atom stereocenters. The second-order valence-corrected chi connectivity index (χ2v) is 6.22. The van der Waals surface area contributed by atoms with Gasteiger partial charge in [-0.05, 0) is 56.4 Å². The Labute approximate surface area is 126 Å². The van der Waals surface area contributed by atoms with E-state index in [0.717, 1.165) is 23.2 Å². The SMILES string of the molecule is Cc1ccc(C)c(CC2C(=O)Nc3c(C)cc(C)cc32)c1. The normalized spacial score (nSPS) is 16.8. The van der Waals surface area contributed by atoms with Gasteiger partial charge in [0.15, 0.2) is 0 Å². The van der Waals surface area contributed by atoms with E-state index in [-0.39, 0.29) is 11.8 Å². The van der Waals surface area contributed by atoms with E-state index in [0.29, 0.717) is 0 Å². The lowest BCUT2D eigenvalue weighted by Gasteiger charge is -2.13. The van der Waals surface area contributed by atoms with Crippen molar-refractivity contribution in [2.24, 2.45) is 0 Å². The third kappa shape index (κ3) is 2.46. The van der Waals surface area contributed by atoms with E-state index in [4.69, 9.17) is 0 Å². The van der Waals surface area contributed by atoms with Gasteiger partial charge in [0.25, 0.3) is 0 Å². The van der Waals surface area contributed by atoms with E-state index in [9.17, 15) is 4.79 Å². The van der Waals surface area contributed by atoms with Crippen LogP contribution in [0.3, 0.4) is 0 Å². The van der Waals surface area contributed by atoms with Gasteiger partial charge in [-0.2, -0.15) is 0 Å². The Morgan fingerprint density at radius 1 is 0.952 bits per heavy atom. The van der Waals surface area contributed by atoms with Crippen LogP contribution in [0, 0.1) is 27.7 Å². The number of amides is 1. The zero-order valence-electron chi connectivity index (χ0n) is 13.1. The average molecular weight is 279 g/mol. The molecule has 0 fully saturated rings. The monoisotopic (exact) mass is 279 g/mol. The third-order valence-corrected chi connectivity index (χ3v) is 4.38. The number of hydrogen-bond donors (Lipinski definition) is 1. The molecule has 3 rings (SSSR count). The number of anilines is 1. The quantitative estimate of drug-likeness (QED) is 0.877. The van der Waals surface area contributed by atoms with Crippen LogP contribution >= 0.6 is 0 Å². The van der Waals surface area contributed by atoms with Crippen LogP contribution < -0.4 is 5.32 Å². The molecule has 0 saturated heterocycles. The number of benzene rings is 2. The van der Waals surface area contributed by atoms with Gasteiger partial charge in [0, 0.05) is 5.69 Å². The summed E-state index contributed by atoms with van der Waals surface area (Å²) in [5, 5.41) is 3.06. The fourth-order valence-corrected chi connectivity index (χ4v) is 3.24. The van der Waals surface area contributed by atoms with Crippen molar-refractivity contribution in [2.75, 3.05) is 5.32 Å². The first kappa shape index (κ1) is 13.9. The van der Waals surface area contributed by atoms with Gasteiger partial charge in [-0.15, -0.1) is 0 Å². The molecule has 0 aliphatic carbocycles. The molecule has 0 spiro atoms. The van der Waals surface area contributed by atoms with E-state index in [2.05, 4.69) is 63.3 Å². The summed E-state index contributed by atoms with van der Waals surface area (Å²) < 4.78 is 0. The number of rotatable bonds is 2. The maximum Gasteiger partial charge on any atom is 0.232 e. The van der Waals surface area contributed by atoms with Crippen molar-refractivity contribution in [3.63, 3.8) is 0 Å². The van der Waals surface area contributed by atoms with Crippen molar-refractivity contribution in [3.05, 3.63) is 63.7 Å². The lowest BCUT2D eigenvalue weighted by atomic mass is 9.89. The largest absolute Gasteiger partial charge is 0.325 e. The van der Waals surface area contributed by atoms with E-state index in [1.807, 2.05) is 0 Å². The number of nitrogens with one attached hydrogen (secondary N) is 1. The van der Waals surface area contributed by atoms with Gasteiger partial charge in [-0.3, -0.25) is 4.79 Å². The molecule has 1 amide bonds. The van der Waals surface area contributed by atoms with Crippen LogP contribution in [0.25, 0.3) is 0 Å². The molecule has 2 nitrogen and oxygen atoms in total. The minimum atomic E-state index is -0.0703. The standard InChI is InChI=1S/C19H21NO/c1-11-5-6-13(3)15(8-11)10-17-16-9-12(2)7-14(4)18(16)20-19(17)21/h5-9,17H,10H2,1-4H3,(H,20,21). The molecule has 1 unspecified atom stereocenters. The average Bonchev–Trinajstić information content (AvgIpc) is 2.72. The topological polar surface area (TPSA) is 29.1 Å². The van der Waals surface area contributed by atoms with Crippen LogP contribution in [-0.4, -0.2) is 5.91 Å².